The van der Waals surface area contributed by atoms with E-state index < -0.39 is 0 Å². The number of aromatic hydroxyl groups is 1. The predicted octanol–water partition coefficient (Wildman–Crippen LogP) is 5.07. The van der Waals surface area contributed by atoms with E-state index in [9.17, 15) is 5.11 Å². The number of hydrogen-bond donors (Lipinski definition) is 2. The van der Waals surface area contributed by atoms with Gasteiger partial charge in [0, 0.05) is 10.9 Å². The first-order chi connectivity index (χ1) is 12.1. The molecule has 0 radical (unpaired) electrons. The third-order valence-electron chi connectivity index (χ3n) is 4.42. The summed E-state index contributed by atoms with van der Waals surface area (Å²) >= 11 is 5.53. The molecule has 0 bridgehead atoms. The van der Waals surface area contributed by atoms with E-state index >= 15 is 0 Å². The van der Waals surface area contributed by atoms with Crippen LogP contribution in [-0.4, -0.2) is 19.9 Å². The lowest BCUT2D eigenvalue weighted by molar-refractivity contribution is 0.474. The highest BCUT2D eigenvalue weighted by atomic mass is 32.1. The molecule has 0 aliphatic heterocycles. The van der Waals surface area contributed by atoms with Crippen molar-refractivity contribution in [2.24, 2.45) is 0 Å². The lowest BCUT2D eigenvalue weighted by Gasteiger charge is -2.14. The molecule has 1 heterocycles. The summed E-state index contributed by atoms with van der Waals surface area (Å²) in [6, 6.07) is 17.8. The van der Waals surface area contributed by atoms with Crippen LogP contribution in [0.4, 0.5) is 0 Å². The lowest BCUT2D eigenvalue weighted by atomic mass is 10.0. The molecule has 4 nitrogen and oxygen atoms in total. The second-order valence-corrected chi connectivity index (χ2v) is 6.53. The van der Waals surface area contributed by atoms with E-state index in [0.29, 0.717) is 4.77 Å². The van der Waals surface area contributed by atoms with Crippen molar-refractivity contribution in [3.8, 4) is 22.8 Å². The Morgan fingerprint density at radius 2 is 1.68 bits per heavy atom. The van der Waals surface area contributed by atoms with Crippen LogP contribution in [0.1, 0.15) is 11.1 Å². The van der Waals surface area contributed by atoms with E-state index in [4.69, 9.17) is 12.2 Å². The van der Waals surface area contributed by atoms with Crippen molar-refractivity contribution in [1.82, 2.24) is 14.8 Å². The molecule has 4 aromatic rings. The van der Waals surface area contributed by atoms with Crippen LogP contribution in [0, 0.1) is 18.6 Å². The summed E-state index contributed by atoms with van der Waals surface area (Å²) in [5, 5.41) is 19.5. The summed E-state index contributed by atoms with van der Waals surface area (Å²) in [7, 11) is 0. The normalized spacial score (nSPS) is 11.1. The number of phenolic OH excluding ortho intramolecular Hbond substituents is 1. The van der Waals surface area contributed by atoms with Gasteiger partial charge in [0.05, 0.1) is 5.69 Å². The topological polar surface area (TPSA) is 53.8 Å². The molecular weight excluding hydrogens is 330 g/mol. The largest absolute Gasteiger partial charge is 0.508 e. The summed E-state index contributed by atoms with van der Waals surface area (Å²) in [4.78, 5) is 0. The number of rotatable bonds is 2. The van der Waals surface area contributed by atoms with Gasteiger partial charge in [-0.05, 0) is 60.8 Å². The quantitative estimate of drug-likeness (QED) is 0.498. The molecule has 0 aliphatic carbocycles. The SMILES string of the molecule is Cc1cc(O)cc(C)c1-c1n[nH]c(=S)n1-c1cccc2ccccc12. The highest BCUT2D eigenvalue weighted by molar-refractivity contribution is 7.71. The number of aromatic amines is 1. The Kier molecular flexibility index (Phi) is 3.66. The van der Waals surface area contributed by atoms with Crippen molar-refractivity contribution in [1.29, 1.82) is 0 Å². The van der Waals surface area contributed by atoms with Gasteiger partial charge >= 0.3 is 0 Å². The molecule has 0 amide bonds. The second kappa shape index (κ2) is 5.86. The molecule has 0 saturated heterocycles. The van der Waals surface area contributed by atoms with Gasteiger partial charge < -0.3 is 5.11 Å². The van der Waals surface area contributed by atoms with Crippen LogP contribution in [0.15, 0.2) is 54.6 Å². The molecule has 25 heavy (non-hydrogen) atoms. The zero-order chi connectivity index (χ0) is 17.6. The van der Waals surface area contributed by atoms with Gasteiger partial charge in [0.15, 0.2) is 10.6 Å². The average Bonchev–Trinajstić information content (AvgIpc) is 2.94. The second-order valence-electron chi connectivity index (χ2n) is 6.14. The zero-order valence-corrected chi connectivity index (χ0v) is 14.8. The molecule has 0 saturated carbocycles. The number of aromatic nitrogens is 3. The zero-order valence-electron chi connectivity index (χ0n) is 13.9. The first-order valence-electron chi connectivity index (χ1n) is 8.02. The van der Waals surface area contributed by atoms with Crippen molar-refractivity contribution in [3.05, 3.63) is 70.5 Å². The third kappa shape index (κ3) is 2.53. The van der Waals surface area contributed by atoms with Crippen LogP contribution in [0.3, 0.4) is 0 Å². The molecule has 0 unspecified atom stereocenters. The van der Waals surface area contributed by atoms with E-state index in [1.54, 1.807) is 12.1 Å². The van der Waals surface area contributed by atoms with Crippen LogP contribution in [-0.2, 0) is 0 Å². The minimum Gasteiger partial charge on any atom is -0.508 e. The van der Waals surface area contributed by atoms with Crippen molar-refractivity contribution in [2.45, 2.75) is 13.8 Å². The Morgan fingerprint density at radius 1 is 1.00 bits per heavy atom. The van der Waals surface area contributed by atoms with Gasteiger partial charge in [0.1, 0.15) is 5.75 Å². The predicted molar refractivity (Wildman–Crippen MR) is 103 cm³/mol. The number of H-pyrrole nitrogens is 1. The van der Waals surface area contributed by atoms with Gasteiger partial charge in [0.25, 0.3) is 0 Å². The van der Waals surface area contributed by atoms with Crippen LogP contribution in [0.2, 0.25) is 0 Å². The standard InChI is InChI=1S/C20H17N3OS/c1-12-10-15(24)11-13(2)18(12)19-21-22-20(25)23(19)17-9-5-7-14-6-3-4-8-16(14)17/h3-11,24H,1-2H3,(H,22,25). The molecule has 3 aromatic carbocycles. The molecular formula is C20H17N3OS. The van der Waals surface area contributed by atoms with Gasteiger partial charge in [0.2, 0.25) is 0 Å². The fraction of sp³-hybridized carbons (Fsp3) is 0.100. The van der Waals surface area contributed by atoms with E-state index in [1.807, 2.05) is 42.7 Å². The number of aryl methyl sites for hydroxylation is 2. The molecule has 2 N–H and O–H groups in total. The van der Waals surface area contributed by atoms with Crippen molar-refractivity contribution in [2.75, 3.05) is 0 Å². The molecule has 5 heteroatoms. The fourth-order valence-corrected chi connectivity index (χ4v) is 3.62. The first kappa shape index (κ1) is 15.6. The van der Waals surface area contributed by atoms with Crippen LogP contribution >= 0.6 is 12.2 Å². The number of nitrogens with one attached hydrogen (secondary N) is 1. The number of phenols is 1. The monoisotopic (exact) mass is 347 g/mol. The molecule has 1 aromatic heterocycles. The fourth-order valence-electron chi connectivity index (χ4n) is 3.38. The average molecular weight is 347 g/mol. The van der Waals surface area contributed by atoms with E-state index in [0.717, 1.165) is 39.0 Å². The Labute approximate surface area is 150 Å². The maximum absolute atomic E-state index is 9.84. The number of benzene rings is 3. The maximum Gasteiger partial charge on any atom is 0.200 e. The van der Waals surface area contributed by atoms with Gasteiger partial charge in [-0.2, -0.15) is 5.10 Å². The Morgan fingerprint density at radius 3 is 2.44 bits per heavy atom. The Bertz CT molecular complexity index is 1130. The molecule has 0 aliphatic rings. The van der Waals surface area contributed by atoms with Gasteiger partial charge in [-0.15, -0.1) is 0 Å². The summed E-state index contributed by atoms with van der Waals surface area (Å²) in [6.07, 6.45) is 0. The highest BCUT2D eigenvalue weighted by Gasteiger charge is 2.17. The van der Waals surface area contributed by atoms with E-state index in [1.165, 1.54) is 0 Å². The lowest BCUT2D eigenvalue weighted by Crippen LogP contribution is -2.01. The van der Waals surface area contributed by atoms with Crippen molar-refractivity contribution >= 4 is 23.0 Å². The summed E-state index contributed by atoms with van der Waals surface area (Å²) in [5.41, 5.74) is 3.86. The summed E-state index contributed by atoms with van der Waals surface area (Å²) in [5.74, 6) is 1.00. The van der Waals surface area contributed by atoms with Crippen molar-refractivity contribution < 1.29 is 5.11 Å². The molecule has 4 rings (SSSR count). The summed E-state index contributed by atoms with van der Waals surface area (Å²) in [6.45, 7) is 3.93. The van der Waals surface area contributed by atoms with Crippen LogP contribution < -0.4 is 0 Å². The molecule has 0 fully saturated rings. The third-order valence-corrected chi connectivity index (χ3v) is 4.69. The van der Waals surface area contributed by atoms with Crippen LogP contribution in [0.25, 0.3) is 27.8 Å². The van der Waals surface area contributed by atoms with Gasteiger partial charge in [-0.25, -0.2) is 0 Å². The smallest absolute Gasteiger partial charge is 0.200 e. The number of hydrogen-bond acceptors (Lipinski definition) is 3. The Hall–Kier alpha value is -2.92. The molecule has 124 valence electrons. The molecule has 0 atom stereocenters. The molecule has 0 spiro atoms. The minimum atomic E-state index is 0.254. The highest BCUT2D eigenvalue weighted by Crippen LogP contribution is 2.32. The maximum atomic E-state index is 9.84. The van der Waals surface area contributed by atoms with E-state index in [-0.39, 0.29) is 5.75 Å². The van der Waals surface area contributed by atoms with Gasteiger partial charge in [-0.3, -0.25) is 9.67 Å². The minimum absolute atomic E-state index is 0.254. The first-order valence-corrected chi connectivity index (χ1v) is 8.43. The number of fused-ring (bicyclic) bond motifs is 1. The number of nitrogens with zero attached hydrogens (tertiary/aromatic N) is 2. The van der Waals surface area contributed by atoms with Crippen LogP contribution in [0.5, 0.6) is 5.75 Å². The van der Waals surface area contributed by atoms with Crippen molar-refractivity contribution in [3.63, 3.8) is 0 Å². The summed E-state index contributed by atoms with van der Waals surface area (Å²) < 4.78 is 2.50. The van der Waals surface area contributed by atoms with E-state index in [2.05, 4.69) is 28.4 Å². The van der Waals surface area contributed by atoms with Gasteiger partial charge in [-0.1, -0.05) is 36.4 Å². The Balaban J connectivity index is 2.06.